The first-order valence-electron chi connectivity index (χ1n) is 9.86. The zero-order chi connectivity index (χ0) is 21.1. The molecule has 2 aliphatic rings. The fraction of sp³-hybridized carbons (Fsp3) is 0.391. The van der Waals surface area contributed by atoms with Crippen LogP contribution in [0.5, 0.6) is 0 Å². The van der Waals surface area contributed by atoms with Crippen LogP contribution in [-0.4, -0.2) is 48.7 Å². The summed E-state index contributed by atoms with van der Waals surface area (Å²) in [5, 5.41) is 0. The summed E-state index contributed by atoms with van der Waals surface area (Å²) < 4.78 is 29.1. The van der Waals surface area contributed by atoms with E-state index in [1.165, 1.54) is 0 Å². The number of fused-ring (bicyclic) bond motifs is 1. The topological polar surface area (TPSA) is 80.3 Å². The van der Waals surface area contributed by atoms with Crippen LogP contribution >= 0.6 is 0 Å². The van der Waals surface area contributed by atoms with Gasteiger partial charge in [-0.2, -0.15) is 0 Å². The van der Waals surface area contributed by atoms with Crippen LogP contribution in [0.25, 0.3) is 0 Å². The van der Waals surface area contributed by atoms with Gasteiger partial charge in [0.2, 0.25) is 0 Å². The fourth-order valence-electron chi connectivity index (χ4n) is 3.61. The van der Waals surface area contributed by atoms with Crippen LogP contribution in [0.2, 0.25) is 0 Å². The third-order valence-corrected chi connectivity index (χ3v) is 4.96. The summed E-state index contributed by atoms with van der Waals surface area (Å²) in [6.07, 6.45) is -2.88. The number of rotatable bonds is 6. The molecule has 2 aromatic carbocycles. The number of carbonyl (C=O) groups is 2. The lowest BCUT2D eigenvalue weighted by Gasteiger charge is -2.36. The Labute approximate surface area is 174 Å². The van der Waals surface area contributed by atoms with Crippen LogP contribution < -0.4 is 0 Å². The van der Waals surface area contributed by atoms with Gasteiger partial charge < -0.3 is 23.7 Å². The summed E-state index contributed by atoms with van der Waals surface area (Å²) in [6, 6.07) is 17.8. The van der Waals surface area contributed by atoms with Crippen LogP contribution in [0.1, 0.15) is 29.8 Å². The van der Waals surface area contributed by atoms with E-state index >= 15 is 0 Å². The number of ketones is 1. The number of Topliss-reactive ketones (excluding diaryl/α,β-unsaturated/α-hetero) is 1. The maximum atomic E-state index is 12.6. The minimum Gasteiger partial charge on any atom is -0.448 e. The molecule has 7 heteroatoms. The van der Waals surface area contributed by atoms with Gasteiger partial charge in [-0.05, 0) is 19.4 Å². The smallest absolute Gasteiger partial charge is 0.380 e. The minimum absolute atomic E-state index is 0.230. The molecule has 0 amide bonds. The Morgan fingerprint density at radius 2 is 1.67 bits per heavy atom. The van der Waals surface area contributed by atoms with Crippen molar-refractivity contribution in [3.05, 3.63) is 71.8 Å². The second-order valence-corrected chi connectivity index (χ2v) is 7.70. The van der Waals surface area contributed by atoms with E-state index in [9.17, 15) is 9.59 Å². The minimum atomic E-state index is -0.989. The monoisotopic (exact) mass is 412 g/mol. The van der Waals surface area contributed by atoms with Crippen LogP contribution in [0.4, 0.5) is 0 Å². The van der Waals surface area contributed by atoms with Crippen LogP contribution in [0, 0.1) is 0 Å². The molecule has 2 saturated heterocycles. The van der Waals surface area contributed by atoms with E-state index in [0.29, 0.717) is 0 Å². The maximum absolute atomic E-state index is 12.6. The van der Waals surface area contributed by atoms with Gasteiger partial charge in [0.05, 0.1) is 13.2 Å². The normalized spacial score (nSPS) is 27.3. The van der Waals surface area contributed by atoms with Crippen LogP contribution in [-0.2, 0) is 35.1 Å². The van der Waals surface area contributed by atoms with E-state index in [1.54, 1.807) is 44.2 Å². The van der Waals surface area contributed by atoms with Gasteiger partial charge in [-0.3, -0.25) is 4.79 Å². The molecule has 2 heterocycles. The highest BCUT2D eigenvalue weighted by Gasteiger charge is 2.53. The van der Waals surface area contributed by atoms with Crippen molar-refractivity contribution in [2.45, 2.75) is 50.8 Å². The Morgan fingerprint density at radius 3 is 2.37 bits per heavy atom. The maximum Gasteiger partial charge on any atom is 0.380 e. The predicted octanol–water partition coefficient (Wildman–Crippen LogP) is 2.87. The van der Waals surface area contributed by atoms with Gasteiger partial charge in [0, 0.05) is 5.56 Å². The van der Waals surface area contributed by atoms with Crippen molar-refractivity contribution in [1.29, 1.82) is 0 Å². The molecule has 0 radical (unpaired) electrons. The Hall–Kier alpha value is -2.58. The number of hydrogen-bond donors (Lipinski definition) is 0. The van der Waals surface area contributed by atoms with Crippen molar-refractivity contribution < 1.29 is 33.3 Å². The largest absolute Gasteiger partial charge is 0.448 e. The molecule has 30 heavy (non-hydrogen) atoms. The van der Waals surface area contributed by atoms with Crippen LogP contribution in [0.3, 0.4) is 0 Å². The van der Waals surface area contributed by atoms with Crippen molar-refractivity contribution in [2.24, 2.45) is 0 Å². The lowest BCUT2D eigenvalue weighted by Crippen LogP contribution is -2.54. The van der Waals surface area contributed by atoms with Crippen molar-refractivity contribution >= 4 is 11.8 Å². The van der Waals surface area contributed by atoms with Crippen molar-refractivity contribution in [1.82, 2.24) is 0 Å². The highest BCUT2D eigenvalue weighted by molar-refractivity contribution is 6.40. The SMILES string of the molecule is CC1(C)O[C@@H]2[C@@H](OC(=O)C(=O)c3ccccc3)[C@@H](OCc3ccccc3)OC[C@@H]2O1. The number of ether oxygens (including phenoxy) is 5. The summed E-state index contributed by atoms with van der Waals surface area (Å²) in [6.45, 7) is 4.04. The summed E-state index contributed by atoms with van der Waals surface area (Å²) in [5.74, 6) is -2.59. The standard InChI is InChI=1S/C23H24O7/c1-23(2)29-17-14-27-22(26-13-15-9-5-3-6-10-15)20(19(17)30-23)28-21(25)18(24)16-11-7-4-8-12-16/h3-12,17,19-20,22H,13-14H2,1-2H3/t17-,19-,20+,22-/m0/s1. The van der Waals surface area contributed by atoms with Gasteiger partial charge in [0.1, 0.15) is 12.2 Å². The first kappa shape index (κ1) is 20.7. The van der Waals surface area contributed by atoms with E-state index in [4.69, 9.17) is 23.7 Å². The van der Waals surface area contributed by atoms with Gasteiger partial charge in [0.25, 0.3) is 5.78 Å². The molecule has 2 aromatic rings. The zero-order valence-corrected chi connectivity index (χ0v) is 16.9. The lowest BCUT2D eigenvalue weighted by molar-refractivity contribution is -0.261. The molecule has 0 aromatic heterocycles. The third-order valence-electron chi connectivity index (χ3n) is 4.96. The van der Waals surface area contributed by atoms with Gasteiger partial charge in [-0.15, -0.1) is 0 Å². The lowest BCUT2D eigenvalue weighted by atomic mass is 10.0. The van der Waals surface area contributed by atoms with Gasteiger partial charge >= 0.3 is 5.97 Å². The average Bonchev–Trinajstić information content (AvgIpc) is 3.08. The Bertz CT molecular complexity index is 881. The molecule has 0 aliphatic carbocycles. The van der Waals surface area contributed by atoms with Gasteiger partial charge in [-0.25, -0.2) is 4.79 Å². The van der Waals surface area contributed by atoms with Gasteiger partial charge in [-0.1, -0.05) is 60.7 Å². The molecule has 0 N–H and O–H groups in total. The average molecular weight is 412 g/mol. The number of benzene rings is 2. The highest BCUT2D eigenvalue weighted by Crippen LogP contribution is 2.36. The molecule has 158 valence electrons. The predicted molar refractivity (Wildman–Crippen MR) is 105 cm³/mol. The molecule has 0 unspecified atom stereocenters. The number of esters is 1. The molecular formula is C23H24O7. The van der Waals surface area contributed by atoms with E-state index in [1.807, 2.05) is 30.3 Å². The molecular weight excluding hydrogens is 388 g/mol. The number of hydrogen-bond acceptors (Lipinski definition) is 7. The summed E-state index contributed by atoms with van der Waals surface area (Å²) in [7, 11) is 0. The highest BCUT2D eigenvalue weighted by atomic mass is 16.8. The zero-order valence-electron chi connectivity index (χ0n) is 16.9. The first-order valence-corrected chi connectivity index (χ1v) is 9.86. The molecule has 4 atom stereocenters. The van der Waals surface area contributed by atoms with E-state index in [0.717, 1.165) is 5.56 Å². The Kier molecular flexibility index (Phi) is 5.97. The molecule has 7 nitrogen and oxygen atoms in total. The van der Waals surface area contributed by atoms with E-state index in [-0.39, 0.29) is 18.8 Å². The summed E-state index contributed by atoms with van der Waals surface area (Å²) >= 11 is 0. The first-order chi connectivity index (χ1) is 14.4. The molecule has 0 spiro atoms. The number of carbonyl (C=O) groups excluding carboxylic acids is 2. The summed E-state index contributed by atoms with van der Waals surface area (Å²) in [4.78, 5) is 25.1. The second kappa shape index (κ2) is 8.65. The molecule has 0 saturated carbocycles. The molecule has 2 fully saturated rings. The molecule has 0 bridgehead atoms. The Morgan fingerprint density at radius 1 is 1.00 bits per heavy atom. The van der Waals surface area contributed by atoms with E-state index in [2.05, 4.69) is 0 Å². The van der Waals surface area contributed by atoms with E-state index < -0.39 is 42.1 Å². The molecule has 4 rings (SSSR count). The second-order valence-electron chi connectivity index (χ2n) is 7.70. The fourth-order valence-corrected chi connectivity index (χ4v) is 3.61. The van der Waals surface area contributed by atoms with Crippen molar-refractivity contribution in [3.8, 4) is 0 Å². The van der Waals surface area contributed by atoms with Gasteiger partial charge in [0.15, 0.2) is 18.2 Å². The summed E-state index contributed by atoms with van der Waals surface area (Å²) in [5.41, 5.74) is 1.19. The van der Waals surface area contributed by atoms with Crippen LogP contribution in [0.15, 0.2) is 60.7 Å². The molecule has 2 aliphatic heterocycles. The quantitative estimate of drug-likeness (QED) is 0.410. The van der Waals surface area contributed by atoms with Crippen molar-refractivity contribution in [3.63, 3.8) is 0 Å². The van der Waals surface area contributed by atoms with Crippen molar-refractivity contribution in [2.75, 3.05) is 6.61 Å². The third kappa shape index (κ3) is 4.60. The Balaban J connectivity index is 1.50.